The number of hydrogen-bond donors (Lipinski definition) is 0. The number of ketones is 1. The molecule has 0 unspecified atom stereocenters. The summed E-state index contributed by atoms with van der Waals surface area (Å²) in [5.41, 5.74) is 2.71. The number of carbonyl (C=O) groups is 1. The Morgan fingerprint density at radius 1 is 0.966 bits per heavy atom. The van der Waals surface area contributed by atoms with Gasteiger partial charge in [0.2, 0.25) is 0 Å². The van der Waals surface area contributed by atoms with Crippen molar-refractivity contribution in [3.05, 3.63) is 94.7 Å². The van der Waals surface area contributed by atoms with E-state index in [0.29, 0.717) is 23.0 Å². The van der Waals surface area contributed by atoms with E-state index in [1.165, 1.54) is 11.8 Å². The number of nitrogens with zero attached hydrogens (tertiary/aromatic N) is 4. The highest BCUT2D eigenvalue weighted by molar-refractivity contribution is 9.10. The maximum Gasteiger partial charge on any atom is 0.192 e. The lowest BCUT2D eigenvalue weighted by Crippen LogP contribution is -2.07. The summed E-state index contributed by atoms with van der Waals surface area (Å²) in [6.07, 6.45) is 3.50. The molecule has 2 aromatic heterocycles. The second-order valence-electron chi connectivity index (χ2n) is 6.34. The molecule has 4 rings (SSSR count). The lowest BCUT2D eigenvalue weighted by molar-refractivity contribution is 0.102. The fourth-order valence-electron chi connectivity index (χ4n) is 2.86. The van der Waals surface area contributed by atoms with Gasteiger partial charge in [-0.1, -0.05) is 70.2 Å². The van der Waals surface area contributed by atoms with Gasteiger partial charge >= 0.3 is 0 Å². The van der Waals surface area contributed by atoms with E-state index in [9.17, 15) is 4.79 Å². The van der Waals surface area contributed by atoms with Crippen molar-refractivity contribution in [3.8, 4) is 11.4 Å². The molecule has 0 atom stereocenters. The Labute approximate surface area is 181 Å². The van der Waals surface area contributed by atoms with Crippen molar-refractivity contribution in [1.29, 1.82) is 0 Å². The topological polar surface area (TPSA) is 60.7 Å². The molecule has 0 radical (unpaired) electrons. The molecular weight excluding hydrogens is 448 g/mol. The molecule has 144 valence electrons. The quantitative estimate of drug-likeness (QED) is 0.280. The van der Waals surface area contributed by atoms with Crippen LogP contribution in [0.3, 0.4) is 0 Å². The third-order valence-electron chi connectivity index (χ3n) is 4.32. The zero-order chi connectivity index (χ0) is 20.1. The van der Waals surface area contributed by atoms with E-state index >= 15 is 0 Å². The van der Waals surface area contributed by atoms with Gasteiger partial charge in [-0.2, -0.15) is 0 Å². The highest BCUT2D eigenvalue weighted by Crippen LogP contribution is 2.25. The first-order valence-electron chi connectivity index (χ1n) is 9.00. The van der Waals surface area contributed by atoms with Crippen LogP contribution in [0.25, 0.3) is 11.4 Å². The Hall–Kier alpha value is -2.77. The largest absolute Gasteiger partial charge is 0.297 e. The maximum absolute atomic E-state index is 12.6. The Morgan fingerprint density at radius 3 is 2.48 bits per heavy atom. The predicted octanol–water partition coefficient (Wildman–Crippen LogP) is 5.13. The SMILES string of the molecule is O=C(CSc1nnc(-c2cccnc2)n1Cc1ccccc1)c1ccc(Br)cc1. The lowest BCUT2D eigenvalue weighted by atomic mass is 10.2. The molecule has 0 saturated heterocycles. The summed E-state index contributed by atoms with van der Waals surface area (Å²) >= 11 is 4.79. The molecule has 29 heavy (non-hydrogen) atoms. The third-order valence-corrected chi connectivity index (χ3v) is 5.81. The van der Waals surface area contributed by atoms with Gasteiger partial charge in [-0.3, -0.25) is 14.3 Å². The fraction of sp³-hybridized carbons (Fsp3) is 0.0909. The molecule has 0 aliphatic heterocycles. The summed E-state index contributed by atoms with van der Waals surface area (Å²) < 4.78 is 2.98. The number of halogens is 1. The number of hydrogen-bond acceptors (Lipinski definition) is 5. The first kappa shape index (κ1) is 19.5. The molecule has 5 nitrogen and oxygen atoms in total. The van der Waals surface area contributed by atoms with Gasteiger partial charge in [-0.05, 0) is 29.8 Å². The van der Waals surface area contributed by atoms with E-state index in [-0.39, 0.29) is 5.78 Å². The number of pyridine rings is 1. The molecule has 0 bridgehead atoms. The van der Waals surface area contributed by atoms with Crippen LogP contribution in [0, 0.1) is 0 Å². The average molecular weight is 465 g/mol. The Kier molecular flexibility index (Phi) is 6.17. The van der Waals surface area contributed by atoms with Crippen LogP contribution < -0.4 is 0 Å². The molecule has 4 aromatic rings. The average Bonchev–Trinajstić information content (AvgIpc) is 3.16. The molecule has 2 aromatic carbocycles. The highest BCUT2D eigenvalue weighted by Gasteiger charge is 2.17. The van der Waals surface area contributed by atoms with Crippen LogP contribution in [0.5, 0.6) is 0 Å². The first-order chi connectivity index (χ1) is 14.2. The number of thioether (sulfide) groups is 1. The van der Waals surface area contributed by atoms with Gasteiger partial charge in [0.05, 0.1) is 12.3 Å². The van der Waals surface area contributed by atoms with Gasteiger partial charge in [-0.15, -0.1) is 10.2 Å². The monoisotopic (exact) mass is 464 g/mol. The molecule has 0 aliphatic rings. The maximum atomic E-state index is 12.6. The van der Waals surface area contributed by atoms with Crippen LogP contribution >= 0.6 is 27.7 Å². The number of rotatable bonds is 7. The summed E-state index contributed by atoms with van der Waals surface area (Å²) in [6.45, 7) is 0.618. The number of aromatic nitrogens is 4. The third kappa shape index (κ3) is 4.81. The molecule has 7 heteroatoms. The molecule has 2 heterocycles. The molecule has 0 saturated carbocycles. The van der Waals surface area contributed by atoms with Gasteiger partial charge in [0.15, 0.2) is 16.8 Å². The van der Waals surface area contributed by atoms with Crippen molar-refractivity contribution in [2.45, 2.75) is 11.7 Å². The lowest BCUT2D eigenvalue weighted by Gasteiger charge is -2.10. The molecule has 0 N–H and O–H groups in total. The normalized spacial score (nSPS) is 10.8. The van der Waals surface area contributed by atoms with E-state index in [2.05, 4.69) is 43.2 Å². The number of benzene rings is 2. The Balaban J connectivity index is 1.59. The van der Waals surface area contributed by atoms with E-state index in [1.54, 1.807) is 12.4 Å². The molecule has 0 amide bonds. The predicted molar refractivity (Wildman–Crippen MR) is 118 cm³/mol. The van der Waals surface area contributed by atoms with Gasteiger partial charge < -0.3 is 0 Å². The molecule has 0 fully saturated rings. The highest BCUT2D eigenvalue weighted by atomic mass is 79.9. The van der Waals surface area contributed by atoms with Crippen LogP contribution in [0.4, 0.5) is 0 Å². The van der Waals surface area contributed by atoms with Gasteiger partial charge in [0, 0.05) is 28.0 Å². The number of carbonyl (C=O) groups excluding carboxylic acids is 1. The van der Waals surface area contributed by atoms with E-state index in [4.69, 9.17) is 0 Å². The summed E-state index contributed by atoms with van der Waals surface area (Å²) in [4.78, 5) is 16.8. The minimum Gasteiger partial charge on any atom is -0.297 e. The van der Waals surface area contributed by atoms with Gasteiger partial charge in [0.1, 0.15) is 0 Å². The zero-order valence-electron chi connectivity index (χ0n) is 15.4. The van der Waals surface area contributed by atoms with Gasteiger partial charge in [0.25, 0.3) is 0 Å². The second-order valence-corrected chi connectivity index (χ2v) is 8.20. The Bertz CT molecular complexity index is 1100. The van der Waals surface area contributed by atoms with E-state index in [1.807, 2.05) is 59.2 Å². The van der Waals surface area contributed by atoms with Crippen LogP contribution in [0.2, 0.25) is 0 Å². The van der Waals surface area contributed by atoms with Crippen LogP contribution in [0.1, 0.15) is 15.9 Å². The summed E-state index contributed by atoms with van der Waals surface area (Å²) in [7, 11) is 0. The summed E-state index contributed by atoms with van der Waals surface area (Å²) in [6, 6.07) is 21.4. The first-order valence-corrected chi connectivity index (χ1v) is 10.8. The van der Waals surface area contributed by atoms with Crippen molar-refractivity contribution in [2.24, 2.45) is 0 Å². The summed E-state index contributed by atoms with van der Waals surface area (Å²) in [5.74, 6) is 1.09. The van der Waals surface area contributed by atoms with E-state index in [0.717, 1.165) is 21.4 Å². The van der Waals surface area contributed by atoms with Gasteiger partial charge in [-0.25, -0.2) is 0 Å². The van der Waals surface area contributed by atoms with Crippen molar-refractivity contribution in [1.82, 2.24) is 19.7 Å². The molecular formula is C22H17BrN4OS. The van der Waals surface area contributed by atoms with Crippen molar-refractivity contribution < 1.29 is 4.79 Å². The van der Waals surface area contributed by atoms with E-state index < -0.39 is 0 Å². The molecule has 0 spiro atoms. The van der Waals surface area contributed by atoms with Crippen LogP contribution in [-0.4, -0.2) is 31.3 Å². The Morgan fingerprint density at radius 2 is 1.76 bits per heavy atom. The van der Waals surface area contributed by atoms with Crippen LogP contribution in [-0.2, 0) is 6.54 Å². The minimum absolute atomic E-state index is 0.0553. The van der Waals surface area contributed by atoms with Crippen molar-refractivity contribution >= 4 is 33.5 Å². The fourth-order valence-corrected chi connectivity index (χ4v) is 3.96. The zero-order valence-corrected chi connectivity index (χ0v) is 17.8. The van der Waals surface area contributed by atoms with Crippen LogP contribution in [0.15, 0.2) is 88.8 Å². The van der Waals surface area contributed by atoms with Crippen molar-refractivity contribution in [2.75, 3.05) is 5.75 Å². The standard InChI is InChI=1S/C22H17BrN4OS/c23-19-10-8-17(9-11-19)20(28)15-29-22-26-25-21(18-7-4-12-24-13-18)27(22)14-16-5-2-1-3-6-16/h1-13H,14-15H2. The number of Topliss-reactive ketones (excluding diaryl/α,β-unsaturated/α-hetero) is 1. The second kappa shape index (κ2) is 9.15. The van der Waals surface area contributed by atoms with Crippen molar-refractivity contribution in [3.63, 3.8) is 0 Å². The summed E-state index contributed by atoms with van der Waals surface area (Å²) in [5, 5.41) is 9.44. The minimum atomic E-state index is 0.0553. The smallest absolute Gasteiger partial charge is 0.192 e. The molecule has 0 aliphatic carbocycles.